The summed E-state index contributed by atoms with van der Waals surface area (Å²) in [5, 5.41) is 0. The Morgan fingerprint density at radius 2 is 2.14 bits per heavy atom. The van der Waals surface area contributed by atoms with Crippen LogP contribution in [0.1, 0.15) is 24.3 Å². The van der Waals surface area contributed by atoms with Gasteiger partial charge in [0.25, 0.3) is 5.78 Å². The third-order valence-electron chi connectivity index (χ3n) is 1.86. The Morgan fingerprint density at radius 3 is 2.71 bits per heavy atom. The first-order valence-corrected chi connectivity index (χ1v) is 4.57. The van der Waals surface area contributed by atoms with Crippen LogP contribution in [0.2, 0.25) is 0 Å². The Kier molecular flexibility index (Phi) is 3.45. The first-order valence-electron chi connectivity index (χ1n) is 4.57. The van der Waals surface area contributed by atoms with Crippen LogP contribution in [0.25, 0.3) is 0 Å². The highest BCUT2D eigenvalue weighted by atomic mass is 16.5. The van der Waals surface area contributed by atoms with Gasteiger partial charge in [0.15, 0.2) is 0 Å². The van der Waals surface area contributed by atoms with Crippen LogP contribution in [0, 0.1) is 0 Å². The maximum atomic E-state index is 11.5. The molecule has 4 heteroatoms. The number of carbonyl (C=O) groups excluding carboxylic acids is 2. The molecular formula is C10H13NO3. The van der Waals surface area contributed by atoms with Gasteiger partial charge in [0.05, 0.1) is 12.3 Å². The first-order chi connectivity index (χ1) is 6.70. The second-order valence-electron chi connectivity index (χ2n) is 2.73. The Balaban J connectivity index is 2.83. The van der Waals surface area contributed by atoms with E-state index in [1.165, 1.54) is 0 Å². The van der Waals surface area contributed by atoms with E-state index in [1.54, 1.807) is 29.8 Å². The molecule has 0 aliphatic heterocycles. The fourth-order valence-corrected chi connectivity index (χ4v) is 1.20. The highest BCUT2D eigenvalue weighted by Gasteiger charge is 2.19. The minimum Gasteiger partial charge on any atom is -0.460 e. The van der Waals surface area contributed by atoms with Crippen molar-refractivity contribution in [2.45, 2.75) is 20.4 Å². The SMILES string of the molecule is CCOC(=O)C(=O)c1cccn1CC. The Labute approximate surface area is 82.5 Å². The summed E-state index contributed by atoms with van der Waals surface area (Å²) in [5.41, 5.74) is 0.381. The van der Waals surface area contributed by atoms with Crippen molar-refractivity contribution in [3.63, 3.8) is 0 Å². The summed E-state index contributed by atoms with van der Waals surface area (Å²) in [6, 6.07) is 3.35. The number of ether oxygens (including phenoxy) is 1. The van der Waals surface area contributed by atoms with Crippen LogP contribution in [0.4, 0.5) is 0 Å². The van der Waals surface area contributed by atoms with Gasteiger partial charge in [-0.15, -0.1) is 0 Å². The largest absolute Gasteiger partial charge is 0.460 e. The highest BCUT2D eigenvalue weighted by Crippen LogP contribution is 2.04. The number of ketones is 1. The molecule has 1 aromatic rings. The molecule has 0 saturated carbocycles. The van der Waals surface area contributed by atoms with Crippen LogP contribution in [-0.2, 0) is 16.1 Å². The van der Waals surface area contributed by atoms with Crippen molar-refractivity contribution in [1.29, 1.82) is 0 Å². The minimum absolute atomic E-state index is 0.220. The van der Waals surface area contributed by atoms with E-state index in [-0.39, 0.29) is 6.61 Å². The molecule has 0 saturated heterocycles. The molecular weight excluding hydrogens is 182 g/mol. The quantitative estimate of drug-likeness (QED) is 0.412. The topological polar surface area (TPSA) is 48.3 Å². The third-order valence-corrected chi connectivity index (χ3v) is 1.86. The van der Waals surface area contributed by atoms with Crippen LogP contribution < -0.4 is 0 Å². The molecule has 4 nitrogen and oxygen atoms in total. The zero-order chi connectivity index (χ0) is 10.6. The molecule has 0 aromatic carbocycles. The first kappa shape index (κ1) is 10.5. The second kappa shape index (κ2) is 4.60. The van der Waals surface area contributed by atoms with Crippen molar-refractivity contribution in [3.05, 3.63) is 24.0 Å². The maximum absolute atomic E-state index is 11.5. The minimum atomic E-state index is -0.791. The van der Waals surface area contributed by atoms with Crippen molar-refractivity contribution >= 4 is 11.8 Å². The maximum Gasteiger partial charge on any atom is 0.381 e. The summed E-state index contributed by atoms with van der Waals surface area (Å²) in [7, 11) is 0. The Hall–Kier alpha value is -1.58. The summed E-state index contributed by atoms with van der Waals surface area (Å²) in [5.74, 6) is -1.38. The smallest absolute Gasteiger partial charge is 0.381 e. The van der Waals surface area contributed by atoms with E-state index in [1.807, 2.05) is 6.92 Å². The molecule has 0 aliphatic rings. The fourth-order valence-electron chi connectivity index (χ4n) is 1.20. The van der Waals surface area contributed by atoms with E-state index in [9.17, 15) is 9.59 Å². The molecule has 0 aliphatic carbocycles. The number of rotatable bonds is 4. The van der Waals surface area contributed by atoms with Gasteiger partial charge in [0, 0.05) is 12.7 Å². The van der Waals surface area contributed by atoms with E-state index in [0.29, 0.717) is 12.2 Å². The molecule has 0 bridgehead atoms. The Bertz CT molecular complexity index is 341. The summed E-state index contributed by atoms with van der Waals surface area (Å²) >= 11 is 0. The average molecular weight is 195 g/mol. The summed E-state index contributed by atoms with van der Waals surface area (Å²) < 4.78 is 6.33. The van der Waals surface area contributed by atoms with Gasteiger partial charge in [0.1, 0.15) is 0 Å². The van der Waals surface area contributed by atoms with Gasteiger partial charge in [0.2, 0.25) is 0 Å². The normalized spacial score (nSPS) is 9.86. The van der Waals surface area contributed by atoms with Gasteiger partial charge in [-0.2, -0.15) is 0 Å². The molecule has 0 fully saturated rings. The number of nitrogens with zero attached hydrogens (tertiary/aromatic N) is 1. The van der Waals surface area contributed by atoms with Crippen molar-refractivity contribution < 1.29 is 14.3 Å². The van der Waals surface area contributed by atoms with Crippen molar-refractivity contribution in [1.82, 2.24) is 4.57 Å². The summed E-state index contributed by atoms with van der Waals surface area (Å²) in [6.07, 6.45) is 1.76. The monoisotopic (exact) mass is 195 g/mol. The summed E-state index contributed by atoms with van der Waals surface area (Å²) in [6.45, 7) is 4.46. The molecule has 0 atom stereocenters. The molecule has 0 unspecified atom stereocenters. The van der Waals surface area contributed by atoms with Gasteiger partial charge in [-0.05, 0) is 26.0 Å². The number of hydrogen-bond acceptors (Lipinski definition) is 3. The van der Waals surface area contributed by atoms with Crippen molar-refractivity contribution in [3.8, 4) is 0 Å². The fraction of sp³-hybridized carbons (Fsp3) is 0.400. The molecule has 76 valence electrons. The molecule has 1 heterocycles. The predicted molar refractivity (Wildman–Crippen MR) is 51.1 cm³/mol. The van der Waals surface area contributed by atoms with E-state index in [0.717, 1.165) is 0 Å². The van der Waals surface area contributed by atoms with Gasteiger partial charge in [-0.1, -0.05) is 0 Å². The van der Waals surface area contributed by atoms with E-state index in [2.05, 4.69) is 4.74 Å². The molecule has 14 heavy (non-hydrogen) atoms. The van der Waals surface area contributed by atoms with E-state index >= 15 is 0 Å². The Morgan fingerprint density at radius 1 is 1.43 bits per heavy atom. The average Bonchev–Trinajstić information content (AvgIpc) is 2.64. The van der Waals surface area contributed by atoms with Gasteiger partial charge >= 0.3 is 5.97 Å². The number of hydrogen-bond donors (Lipinski definition) is 0. The lowest BCUT2D eigenvalue weighted by atomic mass is 10.3. The highest BCUT2D eigenvalue weighted by molar-refractivity contribution is 6.40. The second-order valence-corrected chi connectivity index (χ2v) is 2.73. The van der Waals surface area contributed by atoms with Gasteiger partial charge < -0.3 is 9.30 Å². The summed E-state index contributed by atoms with van der Waals surface area (Å²) in [4.78, 5) is 22.6. The molecule has 0 amide bonds. The number of aromatic nitrogens is 1. The lowest BCUT2D eigenvalue weighted by Crippen LogP contribution is -2.20. The lowest BCUT2D eigenvalue weighted by molar-refractivity contribution is -0.137. The van der Waals surface area contributed by atoms with Crippen LogP contribution in [0.15, 0.2) is 18.3 Å². The molecule has 0 radical (unpaired) electrons. The van der Waals surface area contributed by atoms with Gasteiger partial charge in [-0.3, -0.25) is 4.79 Å². The zero-order valence-electron chi connectivity index (χ0n) is 8.32. The predicted octanol–water partition coefficient (Wildman–Crippen LogP) is 1.25. The van der Waals surface area contributed by atoms with Crippen LogP contribution in [0.3, 0.4) is 0 Å². The van der Waals surface area contributed by atoms with Crippen LogP contribution >= 0.6 is 0 Å². The number of aryl methyl sites for hydroxylation is 1. The van der Waals surface area contributed by atoms with Crippen molar-refractivity contribution in [2.24, 2.45) is 0 Å². The molecule has 0 N–H and O–H groups in total. The van der Waals surface area contributed by atoms with Crippen LogP contribution in [-0.4, -0.2) is 22.9 Å². The standard InChI is InChI=1S/C10H13NO3/c1-3-11-7-5-6-8(11)9(12)10(13)14-4-2/h5-7H,3-4H2,1-2H3. The zero-order valence-corrected chi connectivity index (χ0v) is 8.32. The van der Waals surface area contributed by atoms with Crippen molar-refractivity contribution in [2.75, 3.05) is 6.61 Å². The molecule has 1 rings (SSSR count). The number of esters is 1. The van der Waals surface area contributed by atoms with E-state index < -0.39 is 11.8 Å². The van der Waals surface area contributed by atoms with Crippen LogP contribution in [0.5, 0.6) is 0 Å². The number of Topliss-reactive ketones (excluding diaryl/α,β-unsaturated/α-hetero) is 1. The lowest BCUT2D eigenvalue weighted by Gasteiger charge is -2.04. The number of carbonyl (C=O) groups is 2. The van der Waals surface area contributed by atoms with E-state index in [4.69, 9.17) is 0 Å². The molecule has 0 spiro atoms. The van der Waals surface area contributed by atoms with Gasteiger partial charge in [-0.25, -0.2) is 4.79 Å². The third kappa shape index (κ3) is 2.02. The molecule has 1 aromatic heterocycles.